The first-order valence-electron chi connectivity index (χ1n) is 4.56. The number of nitrogens with zero attached hydrogens (tertiary/aromatic N) is 2. The summed E-state index contributed by atoms with van der Waals surface area (Å²) in [7, 11) is 0. The van der Waals surface area contributed by atoms with Crippen LogP contribution in [0.2, 0.25) is 0 Å². The number of anilines is 1. The van der Waals surface area contributed by atoms with Gasteiger partial charge >= 0.3 is 6.18 Å². The van der Waals surface area contributed by atoms with E-state index in [1.807, 2.05) is 0 Å². The molecule has 0 aliphatic carbocycles. The van der Waals surface area contributed by atoms with Crippen molar-refractivity contribution in [3.63, 3.8) is 0 Å². The Kier molecular flexibility index (Phi) is 2.28. The highest BCUT2D eigenvalue weighted by molar-refractivity contribution is 5.36. The molecule has 0 atom stereocenters. The summed E-state index contributed by atoms with van der Waals surface area (Å²) in [5.41, 5.74) is -2.87. The maximum absolute atomic E-state index is 12.4. The minimum atomic E-state index is -4.90. The molecule has 8 heteroatoms. The maximum atomic E-state index is 12.4. The highest BCUT2D eigenvalue weighted by atomic mass is 19.4. The lowest BCUT2D eigenvalue weighted by Crippen LogP contribution is -2.34. The van der Waals surface area contributed by atoms with Crippen LogP contribution in [0.3, 0.4) is 0 Å². The van der Waals surface area contributed by atoms with E-state index in [4.69, 9.17) is 5.11 Å². The fourth-order valence-corrected chi connectivity index (χ4v) is 1.57. The van der Waals surface area contributed by atoms with Crippen LogP contribution in [0.1, 0.15) is 12.0 Å². The number of halogens is 3. The van der Waals surface area contributed by atoms with Gasteiger partial charge in [-0.2, -0.15) is 18.2 Å². The number of aromatic hydroxyl groups is 1. The van der Waals surface area contributed by atoms with Crippen LogP contribution in [0, 0.1) is 0 Å². The van der Waals surface area contributed by atoms with Gasteiger partial charge in [-0.25, -0.2) is 0 Å². The second-order valence-electron chi connectivity index (χ2n) is 3.37. The Bertz CT molecular complexity index is 481. The van der Waals surface area contributed by atoms with Gasteiger partial charge in [0.2, 0.25) is 11.8 Å². The molecule has 0 amide bonds. The van der Waals surface area contributed by atoms with Crippen molar-refractivity contribution in [2.75, 3.05) is 11.9 Å². The van der Waals surface area contributed by atoms with Crippen molar-refractivity contribution in [3.8, 4) is 5.88 Å². The van der Waals surface area contributed by atoms with Crippen LogP contribution < -0.4 is 10.9 Å². The lowest BCUT2D eigenvalue weighted by atomic mass is 10.3. The molecule has 1 aliphatic heterocycles. The van der Waals surface area contributed by atoms with E-state index < -0.39 is 23.2 Å². The average molecular weight is 235 g/mol. The standard InChI is InChI=1S/C8H8F3N3O2/c9-8(10,11)4-5(15)13-7-12-2-1-3-14(7)6(4)16/h15H,1-3H2,(H,12,13). The van der Waals surface area contributed by atoms with Crippen LogP contribution in [-0.2, 0) is 12.7 Å². The van der Waals surface area contributed by atoms with Crippen LogP contribution in [-0.4, -0.2) is 21.2 Å². The molecule has 0 spiro atoms. The minimum absolute atomic E-state index is 0.0262. The molecule has 2 rings (SSSR count). The molecule has 16 heavy (non-hydrogen) atoms. The lowest BCUT2D eigenvalue weighted by molar-refractivity contribution is -0.140. The molecule has 2 N–H and O–H groups in total. The average Bonchev–Trinajstić information content (AvgIpc) is 2.15. The Morgan fingerprint density at radius 2 is 2.12 bits per heavy atom. The Hall–Kier alpha value is -1.73. The van der Waals surface area contributed by atoms with Crippen LogP contribution in [0.4, 0.5) is 19.1 Å². The molecular weight excluding hydrogens is 227 g/mol. The van der Waals surface area contributed by atoms with Crippen molar-refractivity contribution < 1.29 is 18.3 Å². The third-order valence-electron chi connectivity index (χ3n) is 2.28. The summed E-state index contributed by atoms with van der Waals surface area (Å²) in [6.07, 6.45) is -4.36. The predicted molar refractivity (Wildman–Crippen MR) is 48.3 cm³/mol. The summed E-state index contributed by atoms with van der Waals surface area (Å²) in [5.74, 6) is -1.31. The van der Waals surface area contributed by atoms with E-state index in [2.05, 4.69) is 10.3 Å². The highest BCUT2D eigenvalue weighted by Crippen LogP contribution is 2.32. The molecule has 0 saturated heterocycles. The topological polar surface area (TPSA) is 67.1 Å². The van der Waals surface area contributed by atoms with Crippen molar-refractivity contribution in [3.05, 3.63) is 15.9 Å². The summed E-state index contributed by atoms with van der Waals surface area (Å²) < 4.78 is 38.2. The van der Waals surface area contributed by atoms with Gasteiger partial charge in [-0.05, 0) is 6.42 Å². The molecule has 88 valence electrons. The first-order valence-corrected chi connectivity index (χ1v) is 4.56. The van der Waals surface area contributed by atoms with E-state index in [1.165, 1.54) is 0 Å². The third-order valence-corrected chi connectivity index (χ3v) is 2.28. The number of hydrogen-bond donors (Lipinski definition) is 2. The van der Waals surface area contributed by atoms with Gasteiger partial charge in [-0.1, -0.05) is 0 Å². The third kappa shape index (κ3) is 1.59. The number of fused-ring (bicyclic) bond motifs is 1. The number of hydrogen-bond acceptors (Lipinski definition) is 4. The number of rotatable bonds is 0. The monoisotopic (exact) mass is 235 g/mol. The molecular formula is C8H8F3N3O2. The van der Waals surface area contributed by atoms with Crippen molar-refractivity contribution in [2.24, 2.45) is 0 Å². The second-order valence-corrected chi connectivity index (χ2v) is 3.37. The van der Waals surface area contributed by atoms with E-state index >= 15 is 0 Å². The van der Waals surface area contributed by atoms with Crippen molar-refractivity contribution in [2.45, 2.75) is 19.1 Å². The summed E-state index contributed by atoms with van der Waals surface area (Å²) in [6, 6.07) is 0. The van der Waals surface area contributed by atoms with Gasteiger partial charge in [-0.3, -0.25) is 9.36 Å². The summed E-state index contributed by atoms with van der Waals surface area (Å²) in [4.78, 5) is 14.8. The van der Waals surface area contributed by atoms with Gasteiger partial charge in [0, 0.05) is 13.1 Å². The SMILES string of the molecule is O=c1c(C(F)(F)F)c(O)nc2n1CCCN2. The number of aromatic nitrogens is 2. The molecule has 2 heterocycles. The van der Waals surface area contributed by atoms with Crippen LogP contribution in [0.25, 0.3) is 0 Å². The van der Waals surface area contributed by atoms with E-state index in [0.29, 0.717) is 13.0 Å². The van der Waals surface area contributed by atoms with Crippen LogP contribution >= 0.6 is 0 Å². The zero-order valence-electron chi connectivity index (χ0n) is 8.01. The van der Waals surface area contributed by atoms with Crippen molar-refractivity contribution >= 4 is 5.95 Å². The number of nitrogens with one attached hydrogen (secondary N) is 1. The van der Waals surface area contributed by atoms with Gasteiger partial charge in [0.1, 0.15) is 0 Å². The van der Waals surface area contributed by atoms with E-state index in [-0.39, 0.29) is 12.5 Å². The quantitative estimate of drug-likeness (QED) is 0.697. The summed E-state index contributed by atoms with van der Waals surface area (Å²) in [6.45, 7) is 0.675. The van der Waals surface area contributed by atoms with Gasteiger partial charge in [-0.15, -0.1) is 0 Å². The highest BCUT2D eigenvalue weighted by Gasteiger charge is 2.40. The predicted octanol–water partition coefficient (Wildman–Crippen LogP) is 0.783. The summed E-state index contributed by atoms with van der Waals surface area (Å²) >= 11 is 0. The molecule has 1 aliphatic rings. The molecule has 0 saturated carbocycles. The van der Waals surface area contributed by atoms with Crippen LogP contribution in [0.15, 0.2) is 4.79 Å². The fourth-order valence-electron chi connectivity index (χ4n) is 1.57. The minimum Gasteiger partial charge on any atom is -0.493 e. The molecule has 0 radical (unpaired) electrons. The molecule has 1 aromatic heterocycles. The molecule has 0 unspecified atom stereocenters. The van der Waals surface area contributed by atoms with Gasteiger partial charge in [0.15, 0.2) is 5.56 Å². The lowest BCUT2D eigenvalue weighted by Gasteiger charge is -2.20. The van der Waals surface area contributed by atoms with Crippen molar-refractivity contribution in [1.82, 2.24) is 9.55 Å². The first kappa shape index (κ1) is 10.8. The normalized spacial score (nSPS) is 15.4. The Labute approximate surface area is 87.5 Å². The molecule has 0 bridgehead atoms. The first-order chi connectivity index (χ1) is 7.41. The van der Waals surface area contributed by atoms with E-state index in [9.17, 15) is 18.0 Å². The van der Waals surface area contributed by atoms with Gasteiger partial charge in [0.25, 0.3) is 5.56 Å². The summed E-state index contributed by atoms with van der Waals surface area (Å²) in [5, 5.41) is 11.7. The smallest absolute Gasteiger partial charge is 0.426 e. The fraction of sp³-hybridized carbons (Fsp3) is 0.500. The molecule has 5 nitrogen and oxygen atoms in total. The van der Waals surface area contributed by atoms with E-state index in [1.54, 1.807) is 0 Å². The van der Waals surface area contributed by atoms with Crippen molar-refractivity contribution in [1.29, 1.82) is 0 Å². The Morgan fingerprint density at radius 3 is 2.75 bits per heavy atom. The van der Waals surface area contributed by atoms with Crippen LogP contribution in [0.5, 0.6) is 5.88 Å². The maximum Gasteiger partial charge on any atom is 0.426 e. The largest absolute Gasteiger partial charge is 0.493 e. The van der Waals surface area contributed by atoms with Gasteiger partial charge in [0.05, 0.1) is 0 Å². The second kappa shape index (κ2) is 3.39. The Morgan fingerprint density at radius 1 is 1.44 bits per heavy atom. The molecule has 1 aromatic rings. The van der Waals surface area contributed by atoms with Gasteiger partial charge < -0.3 is 10.4 Å². The zero-order chi connectivity index (χ0) is 11.9. The molecule has 0 fully saturated rings. The number of alkyl halides is 3. The zero-order valence-corrected chi connectivity index (χ0v) is 8.01. The van der Waals surface area contributed by atoms with E-state index in [0.717, 1.165) is 4.57 Å². The molecule has 0 aromatic carbocycles. The Balaban J connectivity index is 2.69.